The van der Waals surface area contributed by atoms with Gasteiger partial charge in [-0.3, -0.25) is 4.79 Å². The first kappa shape index (κ1) is 18.0. The van der Waals surface area contributed by atoms with Crippen LogP contribution in [0.1, 0.15) is 25.0 Å². The lowest BCUT2D eigenvalue weighted by molar-refractivity contribution is -0.121. The molecule has 1 unspecified atom stereocenters. The molecular formula is C21H25N3O2. The van der Waals surface area contributed by atoms with Crippen LogP contribution in [-0.2, 0) is 17.8 Å². The molecule has 0 saturated carbocycles. The first-order valence-corrected chi connectivity index (χ1v) is 9.04. The highest BCUT2D eigenvalue weighted by Crippen LogP contribution is 2.28. The summed E-state index contributed by atoms with van der Waals surface area (Å²) in [5, 5.41) is 5.68. The van der Waals surface area contributed by atoms with Crippen molar-refractivity contribution < 1.29 is 9.59 Å². The van der Waals surface area contributed by atoms with Crippen molar-refractivity contribution >= 4 is 17.6 Å². The molecule has 3 rings (SSSR count). The van der Waals surface area contributed by atoms with Crippen LogP contribution in [0.2, 0.25) is 0 Å². The Bertz CT molecular complexity index is 774. The minimum atomic E-state index is -0.558. The molecule has 136 valence electrons. The Morgan fingerprint density at radius 2 is 1.73 bits per heavy atom. The maximum Gasteiger partial charge on any atom is 0.315 e. The molecule has 0 spiro atoms. The fourth-order valence-corrected chi connectivity index (χ4v) is 3.22. The van der Waals surface area contributed by atoms with Crippen molar-refractivity contribution in [3.8, 4) is 0 Å². The Labute approximate surface area is 154 Å². The van der Waals surface area contributed by atoms with Crippen molar-refractivity contribution in [2.45, 2.75) is 32.9 Å². The minimum Gasteiger partial charge on any atom is -0.334 e. The van der Waals surface area contributed by atoms with Gasteiger partial charge in [-0.25, -0.2) is 4.79 Å². The summed E-state index contributed by atoms with van der Waals surface area (Å²) in [6.07, 6.45) is 0.854. The summed E-state index contributed by atoms with van der Waals surface area (Å²) in [7, 11) is 0. The number of hydrogen-bond acceptors (Lipinski definition) is 2. The Hall–Kier alpha value is -2.82. The zero-order chi connectivity index (χ0) is 18.5. The van der Waals surface area contributed by atoms with Crippen molar-refractivity contribution in [3.63, 3.8) is 0 Å². The van der Waals surface area contributed by atoms with Gasteiger partial charge in [-0.1, -0.05) is 62.4 Å². The SMILES string of the molecule is CC(C)C(NC(=O)NCc1ccccc1)C(=O)N1CCc2ccccc21. The fraction of sp³-hybridized carbons (Fsp3) is 0.333. The third kappa shape index (κ3) is 4.04. The predicted octanol–water partition coefficient (Wildman–Crippen LogP) is 3.10. The molecular weight excluding hydrogens is 326 g/mol. The largest absolute Gasteiger partial charge is 0.334 e. The second kappa shape index (κ2) is 8.04. The van der Waals surface area contributed by atoms with Gasteiger partial charge in [0.15, 0.2) is 0 Å². The molecule has 0 aliphatic carbocycles. The van der Waals surface area contributed by atoms with Crippen LogP contribution in [0.5, 0.6) is 0 Å². The van der Waals surface area contributed by atoms with E-state index in [1.165, 1.54) is 5.56 Å². The predicted molar refractivity (Wildman–Crippen MR) is 103 cm³/mol. The maximum atomic E-state index is 13.0. The molecule has 1 heterocycles. The number of hydrogen-bond donors (Lipinski definition) is 2. The van der Waals surface area contributed by atoms with Crippen molar-refractivity contribution in [2.75, 3.05) is 11.4 Å². The van der Waals surface area contributed by atoms with Crippen molar-refractivity contribution in [1.82, 2.24) is 10.6 Å². The molecule has 0 aromatic heterocycles. The molecule has 3 amide bonds. The second-order valence-corrected chi connectivity index (χ2v) is 6.90. The minimum absolute atomic E-state index is 0.00209. The molecule has 5 nitrogen and oxygen atoms in total. The number of carbonyl (C=O) groups excluding carboxylic acids is 2. The van der Waals surface area contributed by atoms with Gasteiger partial charge in [-0.05, 0) is 29.5 Å². The number of fused-ring (bicyclic) bond motifs is 1. The summed E-state index contributed by atoms with van der Waals surface area (Å²) in [4.78, 5) is 27.1. The molecule has 5 heteroatoms. The molecule has 2 N–H and O–H groups in total. The standard InChI is InChI=1S/C21H25N3O2/c1-15(2)19(23-21(26)22-14-16-8-4-3-5-9-16)20(25)24-13-12-17-10-6-7-11-18(17)24/h3-11,15,19H,12-14H2,1-2H3,(H2,22,23,26). The van der Waals surface area contributed by atoms with Gasteiger partial charge in [0, 0.05) is 18.8 Å². The van der Waals surface area contributed by atoms with E-state index in [1.54, 1.807) is 4.90 Å². The Morgan fingerprint density at radius 1 is 1.04 bits per heavy atom. The number of amides is 3. The average molecular weight is 351 g/mol. The quantitative estimate of drug-likeness (QED) is 0.869. The van der Waals surface area contributed by atoms with Gasteiger partial charge in [-0.2, -0.15) is 0 Å². The molecule has 0 bridgehead atoms. The number of rotatable bonds is 5. The van der Waals surface area contributed by atoms with Crippen LogP contribution in [0.15, 0.2) is 54.6 Å². The summed E-state index contributed by atoms with van der Waals surface area (Å²) >= 11 is 0. The second-order valence-electron chi connectivity index (χ2n) is 6.90. The topological polar surface area (TPSA) is 61.4 Å². The lowest BCUT2D eigenvalue weighted by Crippen LogP contribution is -2.53. The average Bonchev–Trinajstić information content (AvgIpc) is 3.08. The highest BCUT2D eigenvalue weighted by molar-refractivity contribution is 6.00. The van der Waals surface area contributed by atoms with Crippen LogP contribution >= 0.6 is 0 Å². The third-order valence-corrected chi connectivity index (χ3v) is 4.67. The Kier molecular flexibility index (Phi) is 5.56. The summed E-state index contributed by atoms with van der Waals surface area (Å²) < 4.78 is 0. The lowest BCUT2D eigenvalue weighted by atomic mass is 10.0. The van der Waals surface area contributed by atoms with Crippen LogP contribution in [0, 0.1) is 5.92 Å². The van der Waals surface area contributed by atoms with Crippen LogP contribution in [0.25, 0.3) is 0 Å². The molecule has 1 atom stereocenters. The van der Waals surface area contributed by atoms with E-state index in [0.717, 1.165) is 17.7 Å². The van der Waals surface area contributed by atoms with E-state index in [0.29, 0.717) is 13.1 Å². The van der Waals surface area contributed by atoms with E-state index in [-0.39, 0.29) is 17.9 Å². The van der Waals surface area contributed by atoms with Gasteiger partial charge in [-0.15, -0.1) is 0 Å². The van der Waals surface area contributed by atoms with E-state index in [1.807, 2.05) is 68.4 Å². The number of benzene rings is 2. The zero-order valence-electron chi connectivity index (χ0n) is 15.2. The number of nitrogens with zero attached hydrogens (tertiary/aromatic N) is 1. The molecule has 1 aliphatic rings. The summed E-state index contributed by atoms with van der Waals surface area (Å²) in [5.41, 5.74) is 3.15. The summed E-state index contributed by atoms with van der Waals surface area (Å²) in [6, 6.07) is 16.8. The van der Waals surface area contributed by atoms with Gasteiger partial charge in [0.25, 0.3) is 0 Å². The number of nitrogens with one attached hydrogen (secondary N) is 2. The van der Waals surface area contributed by atoms with Gasteiger partial charge in [0.2, 0.25) is 5.91 Å². The third-order valence-electron chi connectivity index (χ3n) is 4.67. The van der Waals surface area contributed by atoms with E-state index in [2.05, 4.69) is 10.6 Å². The van der Waals surface area contributed by atoms with Crippen molar-refractivity contribution in [1.29, 1.82) is 0 Å². The van der Waals surface area contributed by atoms with Crippen LogP contribution in [0.3, 0.4) is 0 Å². The van der Waals surface area contributed by atoms with Crippen LogP contribution in [0.4, 0.5) is 10.5 Å². The van der Waals surface area contributed by atoms with E-state index in [9.17, 15) is 9.59 Å². The van der Waals surface area contributed by atoms with Crippen molar-refractivity contribution in [3.05, 3.63) is 65.7 Å². The van der Waals surface area contributed by atoms with Gasteiger partial charge >= 0.3 is 6.03 Å². The van der Waals surface area contributed by atoms with Crippen LogP contribution in [-0.4, -0.2) is 24.5 Å². The number of carbonyl (C=O) groups is 2. The van der Waals surface area contributed by atoms with E-state index >= 15 is 0 Å². The highest BCUT2D eigenvalue weighted by Gasteiger charge is 2.32. The first-order valence-electron chi connectivity index (χ1n) is 9.04. The summed E-state index contributed by atoms with van der Waals surface area (Å²) in [5.74, 6) is -0.0578. The molecule has 0 radical (unpaired) electrons. The van der Waals surface area contributed by atoms with Gasteiger partial charge in [0.05, 0.1) is 0 Å². The maximum absolute atomic E-state index is 13.0. The first-order chi connectivity index (χ1) is 12.6. The monoisotopic (exact) mass is 351 g/mol. The van der Waals surface area contributed by atoms with Crippen molar-refractivity contribution in [2.24, 2.45) is 5.92 Å². The Balaban J connectivity index is 1.64. The van der Waals surface area contributed by atoms with Gasteiger partial charge < -0.3 is 15.5 Å². The van der Waals surface area contributed by atoms with Gasteiger partial charge in [0.1, 0.15) is 6.04 Å². The molecule has 26 heavy (non-hydrogen) atoms. The molecule has 2 aromatic rings. The lowest BCUT2D eigenvalue weighted by Gasteiger charge is -2.27. The Morgan fingerprint density at radius 3 is 2.46 bits per heavy atom. The molecule has 0 saturated heterocycles. The smallest absolute Gasteiger partial charge is 0.315 e. The van der Waals surface area contributed by atoms with E-state index in [4.69, 9.17) is 0 Å². The normalized spacial score (nSPS) is 14.0. The highest BCUT2D eigenvalue weighted by atomic mass is 16.2. The number of para-hydroxylation sites is 1. The summed E-state index contributed by atoms with van der Waals surface area (Å²) in [6.45, 7) is 4.98. The van der Waals surface area contributed by atoms with Crippen LogP contribution < -0.4 is 15.5 Å². The molecule has 2 aromatic carbocycles. The van der Waals surface area contributed by atoms with E-state index < -0.39 is 6.04 Å². The molecule has 1 aliphatic heterocycles. The zero-order valence-corrected chi connectivity index (χ0v) is 15.2. The number of urea groups is 1. The fourth-order valence-electron chi connectivity index (χ4n) is 3.22. The number of anilines is 1. The molecule has 0 fully saturated rings.